The molecule has 1 aromatic carbocycles. The van der Waals surface area contributed by atoms with E-state index in [9.17, 15) is 9.90 Å². The molecule has 1 aromatic heterocycles. The van der Waals surface area contributed by atoms with E-state index in [0.717, 1.165) is 5.56 Å². The molecule has 5 nitrogen and oxygen atoms in total. The van der Waals surface area contributed by atoms with Crippen molar-refractivity contribution in [3.63, 3.8) is 0 Å². The highest BCUT2D eigenvalue weighted by atomic mass is 16.5. The second kappa shape index (κ2) is 5.86. The van der Waals surface area contributed by atoms with E-state index in [1.807, 2.05) is 12.1 Å². The fourth-order valence-corrected chi connectivity index (χ4v) is 1.53. The van der Waals surface area contributed by atoms with Gasteiger partial charge in [-0.3, -0.25) is 4.98 Å². The van der Waals surface area contributed by atoms with Crippen molar-refractivity contribution < 1.29 is 19.4 Å². The monoisotopic (exact) mass is 259 g/mol. The van der Waals surface area contributed by atoms with Gasteiger partial charge in [-0.15, -0.1) is 0 Å². The van der Waals surface area contributed by atoms with Gasteiger partial charge < -0.3 is 14.6 Å². The van der Waals surface area contributed by atoms with Crippen LogP contribution in [0.3, 0.4) is 0 Å². The van der Waals surface area contributed by atoms with Gasteiger partial charge in [-0.25, -0.2) is 4.79 Å². The Balaban J connectivity index is 2.06. The van der Waals surface area contributed by atoms with Crippen LogP contribution in [-0.4, -0.2) is 23.2 Å². The highest BCUT2D eigenvalue weighted by molar-refractivity contribution is 5.92. The van der Waals surface area contributed by atoms with Crippen molar-refractivity contribution in [2.24, 2.45) is 0 Å². The highest BCUT2D eigenvalue weighted by Crippen LogP contribution is 2.24. The molecule has 0 atom stereocenters. The summed E-state index contributed by atoms with van der Waals surface area (Å²) >= 11 is 0. The first-order chi connectivity index (χ1) is 9.20. The second-order valence-electron chi connectivity index (χ2n) is 3.82. The average molecular weight is 259 g/mol. The molecule has 0 saturated heterocycles. The third-order valence-corrected chi connectivity index (χ3v) is 2.50. The number of esters is 1. The molecular formula is C14H13NO4. The predicted octanol–water partition coefficient (Wildman–Crippen LogP) is 2.15. The summed E-state index contributed by atoms with van der Waals surface area (Å²) in [5.41, 5.74) is 1.02. The van der Waals surface area contributed by atoms with Crippen molar-refractivity contribution >= 4 is 5.97 Å². The zero-order valence-electron chi connectivity index (χ0n) is 10.4. The summed E-state index contributed by atoms with van der Waals surface area (Å²) in [6.07, 6.45) is 3.38. The van der Waals surface area contributed by atoms with Crippen LogP contribution in [0.5, 0.6) is 11.5 Å². The van der Waals surface area contributed by atoms with Gasteiger partial charge in [0.15, 0.2) is 0 Å². The van der Waals surface area contributed by atoms with Crippen molar-refractivity contribution in [3.8, 4) is 11.5 Å². The fourth-order valence-electron chi connectivity index (χ4n) is 1.53. The Bertz CT molecular complexity index is 569. The minimum atomic E-state index is -0.587. The molecule has 0 unspecified atom stereocenters. The molecule has 0 fully saturated rings. The fraction of sp³-hybridized carbons (Fsp3) is 0.143. The molecule has 19 heavy (non-hydrogen) atoms. The smallest absolute Gasteiger partial charge is 0.341 e. The number of hydrogen-bond acceptors (Lipinski definition) is 5. The van der Waals surface area contributed by atoms with Crippen LogP contribution in [0, 0.1) is 0 Å². The molecule has 2 rings (SSSR count). The normalized spacial score (nSPS) is 9.95. The van der Waals surface area contributed by atoms with E-state index >= 15 is 0 Å². The lowest BCUT2D eigenvalue weighted by atomic mass is 10.2. The molecular weight excluding hydrogens is 246 g/mol. The Morgan fingerprint density at radius 3 is 2.84 bits per heavy atom. The molecule has 1 N–H and O–H groups in total. The van der Waals surface area contributed by atoms with Gasteiger partial charge in [0, 0.05) is 24.0 Å². The molecule has 0 aliphatic carbocycles. The van der Waals surface area contributed by atoms with Gasteiger partial charge >= 0.3 is 5.97 Å². The van der Waals surface area contributed by atoms with E-state index in [1.165, 1.54) is 19.2 Å². The molecule has 0 spiro atoms. The lowest BCUT2D eigenvalue weighted by molar-refractivity contribution is 0.0597. The summed E-state index contributed by atoms with van der Waals surface area (Å²) in [5, 5.41) is 9.70. The molecule has 5 heteroatoms. The summed E-state index contributed by atoms with van der Waals surface area (Å²) < 4.78 is 10.0. The topological polar surface area (TPSA) is 68.7 Å². The van der Waals surface area contributed by atoms with Crippen LogP contribution >= 0.6 is 0 Å². The number of aromatic nitrogens is 1. The SMILES string of the molecule is COC(=O)c1ccc(OCc2cccnc2)cc1O. The van der Waals surface area contributed by atoms with Gasteiger partial charge in [-0.2, -0.15) is 0 Å². The lowest BCUT2D eigenvalue weighted by Crippen LogP contribution is -2.02. The summed E-state index contributed by atoms with van der Waals surface area (Å²) in [5.74, 6) is -0.291. The van der Waals surface area contributed by atoms with Crippen molar-refractivity contribution in [2.75, 3.05) is 7.11 Å². The predicted molar refractivity (Wildman–Crippen MR) is 68.0 cm³/mol. The Morgan fingerprint density at radius 2 is 2.21 bits per heavy atom. The summed E-state index contributed by atoms with van der Waals surface area (Å²) in [4.78, 5) is 15.3. The second-order valence-corrected chi connectivity index (χ2v) is 3.82. The molecule has 1 heterocycles. The van der Waals surface area contributed by atoms with Crippen molar-refractivity contribution in [1.29, 1.82) is 0 Å². The Kier molecular flexibility index (Phi) is 3.97. The van der Waals surface area contributed by atoms with Gasteiger partial charge in [0.1, 0.15) is 23.7 Å². The zero-order valence-corrected chi connectivity index (χ0v) is 10.4. The van der Waals surface area contributed by atoms with Crippen LogP contribution < -0.4 is 4.74 Å². The van der Waals surface area contributed by atoms with E-state index in [1.54, 1.807) is 18.5 Å². The van der Waals surface area contributed by atoms with E-state index < -0.39 is 5.97 Å². The van der Waals surface area contributed by atoms with Gasteiger partial charge in [-0.1, -0.05) is 6.07 Å². The largest absolute Gasteiger partial charge is 0.507 e. The van der Waals surface area contributed by atoms with E-state index in [-0.39, 0.29) is 11.3 Å². The van der Waals surface area contributed by atoms with E-state index in [2.05, 4.69) is 9.72 Å². The van der Waals surface area contributed by atoms with Crippen LogP contribution in [0.1, 0.15) is 15.9 Å². The van der Waals surface area contributed by atoms with Gasteiger partial charge in [0.2, 0.25) is 0 Å². The minimum Gasteiger partial charge on any atom is -0.507 e. The number of carbonyl (C=O) groups excluding carboxylic acids is 1. The van der Waals surface area contributed by atoms with Gasteiger partial charge in [0.05, 0.1) is 7.11 Å². The Morgan fingerprint density at radius 1 is 1.37 bits per heavy atom. The number of phenolic OH excluding ortho intramolecular Hbond substituents is 1. The molecule has 0 radical (unpaired) electrons. The van der Waals surface area contributed by atoms with Crippen LogP contribution in [-0.2, 0) is 11.3 Å². The third-order valence-electron chi connectivity index (χ3n) is 2.50. The summed E-state index contributed by atoms with van der Waals surface area (Å²) in [6, 6.07) is 8.14. The maximum Gasteiger partial charge on any atom is 0.341 e. The number of pyridine rings is 1. The van der Waals surface area contributed by atoms with Crippen molar-refractivity contribution in [1.82, 2.24) is 4.98 Å². The maximum atomic E-state index is 11.3. The lowest BCUT2D eigenvalue weighted by Gasteiger charge is -2.08. The first-order valence-electron chi connectivity index (χ1n) is 5.63. The quantitative estimate of drug-likeness (QED) is 0.852. The number of benzene rings is 1. The zero-order chi connectivity index (χ0) is 13.7. The Labute approximate surface area is 110 Å². The highest BCUT2D eigenvalue weighted by Gasteiger charge is 2.11. The first-order valence-corrected chi connectivity index (χ1v) is 5.63. The third kappa shape index (κ3) is 3.22. The molecule has 0 saturated carbocycles. The number of aromatic hydroxyl groups is 1. The van der Waals surface area contributed by atoms with Gasteiger partial charge in [0.25, 0.3) is 0 Å². The number of rotatable bonds is 4. The number of methoxy groups -OCH3 is 1. The van der Waals surface area contributed by atoms with Gasteiger partial charge in [-0.05, 0) is 18.2 Å². The Hall–Kier alpha value is -2.56. The molecule has 98 valence electrons. The van der Waals surface area contributed by atoms with Crippen LogP contribution in [0.2, 0.25) is 0 Å². The standard InChI is InChI=1S/C14H13NO4/c1-18-14(17)12-5-4-11(7-13(12)16)19-9-10-3-2-6-15-8-10/h2-8,16H,9H2,1H3. The number of carbonyl (C=O) groups is 1. The number of phenols is 1. The first kappa shape index (κ1) is 12.9. The summed E-state index contributed by atoms with van der Waals surface area (Å²) in [7, 11) is 1.26. The van der Waals surface area contributed by atoms with Crippen molar-refractivity contribution in [2.45, 2.75) is 6.61 Å². The molecule has 0 aliphatic heterocycles. The van der Waals surface area contributed by atoms with E-state index in [4.69, 9.17) is 4.74 Å². The minimum absolute atomic E-state index is 0.108. The van der Waals surface area contributed by atoms with Crippen molar-refractivity contribution in [3.05, 3.63) is 53.9 Å². The number of nitrogens with zero attached hydrogens (tertiary/aromatic N) is 1. The average Bonchev–Trinajstić information content (AvgIpc) is 2.45. The van der Waals surface area contributed by atoms with Crippen LogP contribution in [0.25, 0.3) is 0 Å². The molecule has 0 bridgehead atoms. The van der Waals surface area contributed by atoms with Crippen LogP contribution in [0.4, 0.5) is 0 Å². The molecule has 0 aliphatic rings. The number of hydrogen-bond donors (Lipinski definition) is 1. The molecule has 0 amide bonds. The van der Waals surface area contributed by atoms with E-state index in [0.29, 0.717) is 12.4 Å². The number of ether oxygens (including phenoxy) is 2. The molecule has 2 aromatic rings. The summed E-state index contributed by atoms with van der Waals surface area (Å²) in [6.45, 7) is 0.338. The maximum absolute atomic E-state index is 11.3. The van der Waals surface area contributed by atoms with Crippen LogP contribution in [0.15, 0.2) is 42.7 Å².